The molecule has 4 nitrogen and oxygen atoms in total. The van der Waals surface area contributed by atoms with Crippen molar-refractivity contribution in [3.63, 3.8) is 0 Å². The van der Waals surface area contributed by atoms with Crippen LogP contribution in [0, 0.1) is 5.41 Å². The monoisotopic (exact) mass is 242 g/mol. The largest absolute Gasteiger partial charge is 0.383 e. The van der Waals surface area contributed by atoms with Crippen molar-refractivity contribution in [2.45, 2.75) is 38.5 Å². The zero-order valence-electron chi connectivity index (χ0n) is 11.2. The number of ether oxygens (including phenoxy) is 1. The Bertz CT molecular complexity index is 236. The summed E-state index contributed by atoms with van der Waals surface area (Å²) in [5.74, 6) is 0.207. The number of amides is 1. The first-order valence-corrected chi connectivity index (χ1v) is 6.61. The highest BCUT2D eigenvalue weighted by molar-refractivity contribution is 5.82. The van der Waals surface area contributed by atoms with Gasteiger partial charge in [0.15, 0.2) is 0 Å². The molecule has 1 aliphatic rings. The number of hydrogen-bond donors (Lipinski definition) is 1. The fourth-order valence-electron chi connectivity index (χ4n) is 2.65. The minimum atomic E-state index is -0.307. The van der Waals surface area contributed by atoms with E-state index in [1.54, 1.807) is 12.0 Å². The second kappa shape index (κ2) is 6.97. The van der Waals surface area contributed by atoms with E-state index in [0.717, 1.165) is 25.7 Å². The van der Waals surface area contributed by atoms with E-state index in [2.05, 4.69) is 0 Å². The third-order valence-corrected chi connectivity index (χ3v) is 3.88. The Morgan fingerprint density at radius 2 is 1.88 bits per heavy atom. The standard InChI is InChI=1S/C13H26N2O2/c1-15(9-10-17-2)12(16)13(11-14)7-5-3-4-6-8-13/h3-11,14H2,1-2H3. The Hall–Kier alpha value is -0.610. The molecule has 0 radical (unpaired) electrons. The van der Waals surface area contributed by atoms with Gasteiger partial charge in [0.05, 0.1) is 12.0 Å². The lowest BCUT2D eigenvalue weighted by Gasteiger charge is -2.34. The molecule has 1 aliphatic carbocycles. The van der Waals surface area contributed by atoms with E-state index in [9.17, 15) is 4.79 Å². The van der Waals surface area contributed by atoms with Crippen LogP contribution >= 0.6 is 0 Å². The van der Waals surface area contributed by atoms with E-state index in [1.165, 1.54) is 12.8 Å². The molecule has 0 unspecified atom stereocenters. The highest BCUT2D eigenvalue weighted by Crippen LogP contribution is 2.35. The average Bonchev–Trinajstić information content (AvgIpc) is 2.61. The Kier molecular flexibility index (Phi) is 5.92. The lowest BCUT2D eigenvalue weighted by atomic mass is 9.79. The maximum Gasteiger partial charge on any atom is 0.229 e. The molecule has 0 atom stereocenters. The smallest absolute Gasteiger partial charge is 0.229 e. The second-order valence-corrected chi connectivity index (χ2v) is 5.12. The highest BCUT2D eigenvalue weighted by atomic mass is 16.5. The van der Waals surface area contributed by atoms with E-state index in [1.807, 2.05) is 7.05 Å². The number of likely N-dealkylation sites (N-methyl/N-ethyl adjacent to an activating group) is 1. The van der Waals surface area contributed by atoms with Gasteiger partial charge in [-0.15, -0.1) is 0 Å². The normalized spacial score (nSPS) is 19.7. The van der Waals surface area contributed by atoms with Gasteiger partial charge in [0.2, 0.25) is 5.91 Å². The van der Waals surface area contributed by atoms with Gasteiger partial charge >= 0.3 is 0 Å². The van der Waals surface area contributed by atoms with Crippen LogP contribution in [-0.4, -0.2) is 44.7 Å². The van der Waals surface area contributed by atoms with E-state index >= 15 is 0 Å². The van der Waals surface area contributed by atoms with Crippen LogP contribution in [0.15, 0.2) is 0 Å². The van der Waals surface area contributed by atoms with Crippen molar-refractivity contribution < 1.29 is 9.53 Å². The van der Waals surface area contributed by atoms with Gasteiger partial charge in [-0.3, -0.25) is 4.79 Å². The summed E-state index contributed by atoms with van der Waals surface area (Å²) in [5, 5.41) is 0. The summed E-state index contributed by atoms with van der Waals surface area (Å²) in [6, 6.07) is 0. The van der Waals surface area contributed by atoms with Gasteiger partial charge in [-0.1, -0.05) is 25.7 Å². The van der Waals surface area contributed by atoms with Crippen LogP contribution in [0.3, 0.4) is 0 Å². The van der Waals surface area contributed by atoms with Gasteiger partial charge in [0, 0.05) is 27.2 Å². The Morgan fingerprint density at radius 1 is 1.29 bits per heavy atom. The van der Waals surface area contributed by atoms with E-state index in [-0.39, 0.29) is 11.3 Å². The molecule has 4 heteroatoms. The molecule has 17 heavy (non-hydrogen) atoms. The maximum atomic E-state index is 12.5. The molecule has 0 bridgehead atoms. The lowest BCUT2D eigenvalue weighted by Crippen LogP contribution is -2.47. The summed E-state index contributed by atoms with van der Waals surface area (Å²) in [6.07, 6.45) is 6.61. The Labute approximate surface area is 104 Å². The van der Waals surface area contributed by atoms with Gasteiger partial charge in [-0.2, -0.15) is 0 Å². The van der Waals surface area contributed by atoms with Crippen LogP contribution in [0.4, 0.5) is 0 Å². The molecule has 100 valence electrons. The van der Waals surface area contributed by atoms with Crippen LogP contribution in [-0.2, 0) is 9.53 Å². The predicted octanol–water partition coefficient (Wildman–Crippen LogP) is 1.39. The molecule has 1 amide bonds. The summed E-state index contributed by atoms with van der Waals surface area (Å²) in [5.41, 5.74) is 5.59. The van der Waals surface area contributed by atoms with Crippen LogP contribution in [0.25, 0.3) is 0 Å². The van der Waals surface area contributed by atoms with Gasteiger partial charge in [-0.25, -0.2) is 0 Å². The Morgan fingerprint density at radius 3 is 2.35 bits per heavy atom. The number of methoxy groups -OCH3 is 1. The molecular formula is C13H26N2O2. The van der Waals surface area contributed by atoms with Crippen molar-refractivity contribution in [2.75, 3.05) is 33.9 Å². The summed E-state index contributed by atoms with van der Waals surface area (Å²) in [7, 11) is 3.51. The van der Waals surface area contributed by atoms with Crippen LogP contribution < -0.4 is 5.73 Å². The Balaban J connectivity index is 2.66. The molecule has 2 N–H and O–H groups in total. The molecule has 0 aliphatic heterocycles. The maximum absolute atomic E-state index is 12.5. The van der Waals surface area contributed by atoms with Crippen LogP contribution in [0.2, 0.25) is 0 Å². The first-order chi connectivity index (χ1) is 8.16. The van der Waals surface area contributed by atoms with Crippen molar-refractivity contribution in [1.82, 2.24) is 4.90 Å². The highest BCUT2D eigenvalue weighted by Gasteiger charge is 2.38. The summed E-state index contributed by atoms with van der Waals surface area (Å²) in [6.45, 7) is 1.71. The average molecular weight is 242 g/mol. The van der Waals surface area contributed by atoms with Gasteiger partial charge in [0.1, 0.15) is 0 Å². The fourth-order valence-corrected chi connectivity index (χ4v) is 2.65. The van der Waals surface area contributed by atoms with E-state index in [4.69, 9.17) is 10.5 Å². The quantitative estimate of drug-likeness (QED) is 0.741. The van der Waals surface area contributed by atoms with Gasteiger partial charge in [0.25, 0.3) is 0 Å². The number of carbonyl (C=O) groups excluding carboxylic acids is 1. The number of carbonyl (C=O) groups is 1. The molecule has 0 aromatic rings. The molecule has 0 heterocycles. The summed E-state index contributed by atoms with van der Waals surface area (Å²) < 4.78 is 5.02. The molecule has 0 saturated heterocycles. The topological polar surface area (TPSA) is 55.6 Å². The first-order valence-electron chi connectivity index (χ1n) is 6.61. The second-order valence-electron chi connectivity index (χ2n) is 5.12. The van der Waals surface area contributed by atoms with Crippen molar-refractivity contribution in [3.8, 4) is 0 Å². The number of hydrogen-bond acceptors (Lipinski definition) is 3. The van der Waals surface area contributed by atoms with E-state index in [0.29, 0.717) is 19.7 Å². The minimum absolute atomic E-state index is 0.207. The molecule has 1 fully saturated rings. The summed E-state index contributed by atoms with van der Waals surface area (Å²) in [4.78, 5) is 14.3. The third-order valence-electron chi connectivity index (χ3n) is 3.88. The van der Waals surface area contributed by atoms with Crippen molar-refractivity contribution in [3.05, 3.63) is 0 Å². The van der Waals surface area contributed by atoms with Crippen LogP contribution in [0.5, 0.6) is 0 Å². The van der Waals surface area contributed by atoms with Gasteiger partial charge < -0.3 is 15.4 Å². The molecule has 0 spiro atoms. The minimum Gasteiger partial charge on any atom is -0.383 e. The molecule has 1 saturated carbocycles. The zero-order valence-corrected chi connectivity index (χ0v) is 11.2. The predicted molar refractivity (Wildman–Crippen MR) is 68.7 cm³/mol. The van der Waals surface area contributed by atoms with Crippen molar-refractivity contribution in [2.24, 2.45) is 11.1 Å². The number of nitrogens with two attached hydrogens (primary N) is 1. The zero-order chi connectivity index (χ0) is 12.7. The molecular weight excluding hydrogens is 216 g/mol. The van der Waals surface area contributed by atoms with E-state index < -0.39 is 0 Å². The third kappa shape index (κ3) is 3.68. The SMILES string of the molecule is COCCN(C)C(=O)C1(CN)CCCCCC1. The first kappa shape index (κ1) is 14.5. The number of nitrogens with zero attached hydrogens (tertiary/aromatic N) is 1. The summed E-state index contributed by atoms with van der Waals surface area (Å²) >= 11 is 0. The van der Waals surface area contributed by atoms with Gasteiger partial charge in [-0.05, 0) is 12.8 Å². The molecule has 1 rings (SSSR count). The lowest BCUT2D eigenvalue weighted by molar-refractivity contribution is -0.141. The van der Waals surface area contributed by atoms with Crippen molar-refractivity contribution in [1.29, 1.82) is 0 Å². The number of rotatable bonds is 5. The fraction of sp³-hybridized carbons (Fsp3) is 0.923. The van der Waals surface area contributed by atoms with Crippen LogP contribution in [0.1, 0.15) is 38.5 Å². The molecule has 0 aromatic heterocycles. The molecule has 0 aromatic carbocycles. The van der Waals surface area contributed by atoms with Crippen molar-refractivity contribution >= 4 is 5.91 Å².